The average molecular weight is 271 g/mol. The molecule has 0 unspecified atom stereocenters. The molecule has 0 aliphatic rings. The Morgan fingerprint density at radius 3 is 2.74 bits per heavy atom. The molecule has 4 nitrogen and oxygen atoms in total. The van der Waals surface area contributed by atoms with Gasteiger partial charge in [0.2, 0.25) is 0 Å². The molecule has 0 saturated heterocycles. The zero-order valence-electron chi connectivity index (χ0n) is 9.94. The van der Waals surface area contributed by atoms with Crippen LogP contribution in [0.5, 0.6) is 0 Å². The first kappa shape index (κ1) is 13.4. The molecule has 1 heterocycles. The van der Waals surface area contributed by atoms with Crippen molar-refractivity contribution in [1.29, 1.82) is 0 Å². The molecule has 19 heavy (non-hydrogen) atoms. The molecule has 7 heteroatoms. The molecule has 0 radical (unpaired) electrons. The molecular weight excluding hydrogens is 259 g/mol. The Hall–Kier alpha value is -2.05. The second-order valence-corrected chi connectivity index (χ2v) is 4.24. The molecule has 1 aromatic heterocycles. The highest BCUT2D eigenvalue weighted by Gasteiger charge is 2.26. The third kappa shape index (κ3) is 3.24. The van der Waals surface area contributed by atoms with Crippen molar-refractivity contribution in [3.63, 3.8) is 0 Å². The number of hydrogen-bond acceptors (Lipinski definition) is 3. The van der Waals surface area contributed by atoms with E-state index in [1.54, 1.807) is 12.1 Å². The predicted octanol–water partition coefficient (Wildman–Crippen LogP) is 2.32. The predicted molar refractivity (Wildman–Crippen MR) is 65.7 cm³/mol. The number of aromatic nitrogens is 2. The molecule has 0 saturated carbocycles. The first-order chi connectivity index (χ1) is 8.87. The Bertz CT molecular complexity index is 649. The lowest BCUT2D eigenvalue weighted by Crippen LogP contribution is -2.21. The summed E-state index contributed by atoms with van der Waals surface area (Å²) in [6, 6.07) is 4.69. The zero-order chi connectivity index (χ0) is 14.0. The number of nitrogen functional groups attached to an aromatic ring is 1. The molecular formula is C12H12F3N3O. The topological polar surface area (TPSA) is 60.9 Å². The number of alkyl halides is 3. The van der Waals surface area contributed by atoms with Crippen LogP contribution in [0.15, 0.2) is 29.3 Å². The minimum absolute atomic E-state index is 0.0178. The van der Waals surface area contributed by atoms with Crippen molar-refractivity contribution in [2.75, 3.05) is 5.73 Å². The van der Waals surface area contributed by atoms with Gasteiger partial charge >= 0.3 is 6.18 Å². The second-order valence-electron chi connectivity index (χ2n) is 4.24. The molecule has 0 atom stereocenters. The number of fused-ring (bicyclic) bond motifs is 1. The van der Waals surface area contributed by atoms with E-state index < -0.39 is 12.6 Å². The lowest BCUT2D eigenvalue weighted by molar-refractivity contribution is -0.135. The number of aryl methyl sites for hydroxylation is 1. The van der Waals surface area contributed by atoms with Crippen LogP contribution in [0.4, 0.5) is 18.9 Å². The lowest BCUT2D eigenvalue weighted by atomic mass is 10.2. The molecule has 1 aromatic carbocycles. The SMILES string of the molecule is Nc1ccc2ncn(CCCC(F)(F)F)c(=O)c2c1. The van der Waals surface area contributed by atoms with E-state index in [2.05, 4.69) is 4.98 Å². The normalized spacial score (nSPS) is 11.9. The van der Waals surface area contributed by atoms with E-state index in [1.807, 2.05) is 0 Å². The summed E-state index contributed by atoms with van der Waals surface area (Å²) in [6.07, 6.45) is -4.02. The molecule has 0 amide bonds. The maximum Gasteiger partial charge on any atom is 0.389 e. The van der Waals surface area contributed by atoms with Crippen LogP contribution in [0.25, 0.3) is 10.9 Å². The van der Waals surface area contributed by atoms with Crippen LogP contribution in [-0.4, -0.2) is 15.7 Å². The lowest BCUT2D eigenvalue weighted by Gasteiger charge is -2.08. The number of nitrogens with zero attached hydrogens (tertiary/aromatic N) is 2. The highest BCUT2D eigenvalue weighted by Crippen LogP contribution is 2.21. The quantitative estimate of drug-likeness (QED) is 0.871. The minimum atomic E-state index is -4.21. The van der Waals surface area contributed by atoms with Crippen molar-refractivity contribution in [2.24, 2.45) is 0 Å². The number of hydrogen-bond donors (Lipinski definition) is 1. The van der Waals surface area contributed by atoms with E-state index >= 15 is 0 Å². The van der Waals surface area contributed by atoms with Crippen LogP contribution in [0, 0.1) is 0 Å². The second kappa shape index (κ2) is 4.91. The molecule has 2 N–H and O–H groups in total. The van der Waals surface area contributed by atoms with Gasteiger partial charge in [-0.05, 0) is 24.6 Å². The Morgan fingerprint density at radius 2 is 2.05 bits per heavy atom. The maximum atomic E-state index is 12.0. The van der Waals surface area contributed by atoms with Crippen LogP contribution < -0.4 is 11.3 Å². The van der Waals surface area contributed by atoms with Gasteiger partial charge < -0.3 is 5.73 Å². The molecule has 0 bridgehead atoms. The molecule has 0 aliphatic carbocycles. The third-order valence-corrected chi connectivity index (χ3v) is 2.71. The van der Waals surface area contributed by atoms with Crippen LogP contribution >= 0.6 is 0 Å². The maximum absolute atomic E-state index is 12.0. The van der Waals surface area contributed by atoms with Crippen molar-refractivity contribution < 1.29 is 13.2 Å². The Labute approximate surface area is 106 Å². The van der Waals surface area contributed by atoms with Crippen molar-refractivity contribution in [3.05, 3.63) is 34.9 Å². The van der Waals surface area contributed by atoms with E-state index in [9.17, 15) is 18.0 Å². The average Bonchev–Trinajstić information content (AvgIpc) is 2.31. The van der Waals surface area contributed by atoms with Crippen LogP contribution in [0.1, 0.15) is 12.8 Å². The van der Waals surface area contributed by atoms with E-state index in [4.69, 9.17) is 5.73 Å². The Kier molecular flexibility index (Phi) is 3.46. The highest BCUT2D eigenvalue weighted by molar-refractivity contribution is 5.80. The van der Waals surface area contributed by atoms with E-state index in [0.29, 0.717) is 16.6 Å². The molecule has 102 valence electrons. The fourth-order valence-corrected chi connectivity index (χ4v) is 1.79. The van der Waals surface area contributed by atoms with Gasteiger partial charge in [-0.25, -0.2) is 4.98 Å². The van der Waals surface area contributed by atoms with Gasteiger partial charge in [0.25, 0.3) is 5.56 Å². The molecule has 0 aliphatic heterocycles. The van der Waals surface area contributed by atoms with E-state index in [1.165, 1.54) is 17.0 Å². The van der Waals surface area contributed by atoms with Gasteiger partial charge in [0.1, 0.15) is 0 Å². The molecule has 2 aromatic rings. The number of halogens is 3. The summed E-state index contributed by atoms with van der Waals surface area (Å²) in [5.41, 5.74) is 6.09. The van der Waals surface area contributed by atoms with Crippen molar-refractivity contribution in [2.45, 2.75) is 25.6 Å². The van der Waals surface area contributed by atoms with Gasteiger partial charge in [-0.1, -0.05) is 0 Å². The van der Waals surface area contributed by atoms with Crippen molar-refractivity contribution in [3.8, 4) is 0 Å². The van der Waals surface area contributed by atoms with Crippen molar-refractivity contribution >= 4 is 16.6 Å². The summed E-state index contributed by atoms with van der Waals surface area (Å²) in [5, 5.41) is 0.314. The third-order valence-electron chi connectivity index (χ3n) is 2.71. The number of nitrogens with two attached hydrogens (primary N) is 1. The summed E-state index contributed by atoms with van der Waals surface area (Å²) in [5.74, 6) is 0. The smallest absolute Gasteiger partial charge is 0.389 e. The van der Waals surface area contributed by atoms with Gasteiger partial charge in [-0.2, -0.15) is 13.2 Å². The first-order valence-corrected chi connectivity index (χ1v) is 5.68. The van der Waals surface area contributed by atoms with Crippen LogP contribution in [0.2, 0.25) is 0 Å². The highest BCUT2D eigenvalue weighted by atomic mass is 19.4. The fourth-order valence-electron chi connectivity index (χ4n) is 1.79. The Balaban J connectivity index is 2.25. The monoisotopic (exact) mass is 271 g/mol. The molecule has 0 spiro atoms. The zero-order valence-corrected chi connectivity index (χ0v) is 9.94. The number of rotatable bonds is 3. The fraction of sp³-hybridized carbons (Fsp3) is 0.333. The van der Waals surface area contributed by atoms with Gasteiger partial charge in [0, 0.05) is 18.7 Å². The summed E-state index contributed by atoms with van der Waals surface area (Å²) in [7, 11) is 0. The summed E-state index contributed by atoms with van der Waals surface area (Å²) >= 11 is 0. The van der Waals surface area contributed by atoms with Gasteiger partial charge in [0.15, 0.2) is 0 Å². The van der Waals surface area contributed by atoms with Crippen LogP contribution in [-0.2, 0) is 6.54 Å². The van der Waals surface area contributed by atoms with E-state index in [-0.39, 0.29) is 18.5 Å². The number of anilines is 1. The van der Waals surface area contributed by atoms with Gasteiger partial charge in [0.05, 0.1) is 17.2 Å². The van der Waals surface area contributed by atoms with Crippen LogP contribution in [0.3, 0.4) is 0 Å². The standard InChI is InChI=1S/C12H12F3N3O/c13-12(14,15)4-1-5-18-7-17-10-3-2-8(16)6-9(10)11(18)19/h2-3,6-7H,1,4-5,16H2. The van der Waals surface area contributed by atoms with Crippen molar-refractivity contribution in [1.82, 2.24) is 9.55 Å². The van der Waals surface area contributed by atoms with E-state index in [0.717, 1.165) is 0 Å². The molecule has 2 rings (SSSR count). The summed E-state index contributed by atoms with van der Waals surface area (Å²) in [4.78, 5) is 16.0. The first-order valence-electron chi connectivity index (χ1n) is 5.68. The number of benzene rings is 1. The largest absolute Gasteiger partial charge is 0.399 e. The van der Waals surface area contributed by atoms with Gasteiger partial charge in [-0.15, -0.1) is 0 Å². The molecule has 0 fully saturated rings. The van der Waals surface area contributed by atoms with Gasteiger partial charge in [-0.3, -0.25) is 9.36 Å². The summed E-state index contributed by atoms with van der Waals surface area (Å²) < 4.78 is 37.3. The summed E-state index contributed by atoms with van der Waals surface area (Å²) in [6.45, 7) is -0.0178. The minimum Gasteiger partial charge on any atom is -0.399 e. The Morgan fingerprint density at radius 1 is 1.32 bits per heavy atom.